The minimum absolute atomic E-state index is 0.0153. The highest BCUT2D eigenvalue weighted by Gasteiger charge is 2.47. The quantitative estimate of drug-likeness (QED) is 0.591. The predicted octanol–water partition coefficient (Wildman–Crippen LogP) is 2.02. The van der Waals surface area contributed by atoms with Crippen molar-refractivity contribution in [3.05, 3.63) is 23.8 Å². The molecule has 0 N–H and O–H groups in total. The Morgan fingerprint density at radius 2 is 1.77 bits per heavy atom. The van der Waals surface area contributed by atoms with Gasteiger partial charge in [0.2, 0.25) is 18.6 Å². The monoisotopic (exact) mass is 359 g/mol. The molecule has 2 fully saturated rings. The Morgan fingerprint density at radius 1 is 1.08 bits per heavy atom. The zero-order chi connectivity index (χ0) is 18.1. The summed E-state index contributed by atoms with van der Waals surface area (Å²) in [4.78, 5) is 38.0. The Labute approximate surface area is 151 Å². The summed E-state index contributed by atoms with van der Waals surface area (Å²) < 4.78 is 15.8. The third-order valence-corrected chi connectivity index (χ3v) is 5.31. The molecule has 0 aromatic heterocycles. The van der Waals surface area contributed by atoms with Crippen LogP contribution in [0.15, 0.2) is 18.2 Å². The van der Waals surface area contributed by atoms with Gasteiger partial charge in [-0.2, -0.15) is 0 Å². The fourth-order valence-electron chi connectivity index (χ4n) is 3.92. The highest BCUT2D eigenvalue weighted by atomic mass is 16.7. The lowest BCUT2D eigenvalue weighted by Crippen LogP contribution is -2.33. The highest BCUT2D eigenvalue weighted by Crippen LogP contribution is 2.38. The number of amides is 2. The van der Waals surface area contributed by atoms with Gasteiger partial charge in [0, 0.05) is 6.54 Å². The lowest BCUT2D eigenvalue weighted by Gasteiger charge is -2.19. The van der Waals surface area contributed by atoms with Gasteiger partial charge in [-0.3, -0.25) is 19.3 Å². The molecule has 1 saturated carbocycles. The average molecular weight is 359 g/mol. The summed E-state index contributed by atoms with van der Waals surface area (Å²) in [5.74, 6) is 0.272. The van der Waals surface area contributed by atoms with Gasteiger partial charge in [0.1, 0.15) is 6.61 Å². The van der Waals surface area contributed by atoms with E-state index in [1.165, 1.54) is 4.90 Å². The number of nitrogens with zero attached hydrogens (tertiary/aromatic N) is 1. The topological polar surface area (TPSA) is 82.1 Å². The second kappa shape index (κ2) is 6.97. The second-order valence-corrected chi connectivity index (χ2v) is 6.92. The molecule has 0 unspecified atom stereocenters. The number of fused-ring (bicyclic) bond motifs is 2. The summed E-state index contributed by atoms with van der Waals surface area (Å²) in [5.41, 5.74) is 0.793. The van der Waals surface area contributed by atoms with E-state index in [4.69, 9.17) is 14.2 Å². The third-order valence-electron chi connectivity index (χ3n) is 5.31. The van der Waals surface area contributed by atoms with Crippen LogP contribution in [0.5, 0.6) is 11.5 Å². The van der Waals surface area contributed by atoms with Crippen molar-refractivity contribution in [1.82, 2.24) is 4.90 Å². The Morgan fingerprint density at radius 3 is 2.50 bits per heavy atom. The van der Waals surface area contributed by atoms with E-state index in [9.17, 15) is 14.4 Å². The van der Waals surface area contributed by atoms with Crippen molar-refractivity contribution >= 4 is 17.8 Å². The maximum atomic E-state index is 12.4. The molecule has 2 heterocycles. The Bertz CT molecular complexity index is 722. The first-order valence-electron chi connectivity index (χ1n) is 9.03. The number of hydrogen-bond donors (Lipinski definition) is 0. The molecule has 1 aromatic carbocycles. The van der Waals surface area contributed by atoms with Crippen LogP contribution in [0.4, 0.5) is 0 Å². The molecule has 3 aliphatic rings. The van der Waals surface area contributed by atoms with Crippen LogP contribution in [0.25, 0.3) is 0 Å². The van der Waals surface area contributed by atoms with Gasteiger partial charge in [-0.15, -0.1) is 0 Å². The van der Waals surface area contributed by atoms with E-state index in [0.717, 1.165) is 31.2 Å². The van der Waals surface area contributed by atoms with E-state index >= 15 is 0 Å². The molecule has 0 spiro atoms. The summed E-state index contributed by atoms with van der Waals surface area (Å²) >= 11 is 0. The van der Waals surface area contributed by atoms with Crippen molar-refractivity contribution in [2.45, 2.75) is 38.7 Å². The Hall–Kier alpha value is -2.57. The zero-order valence-corrected chi connectivity index (χ0v) is 14.4. The van der Waals surface area contributed by atoms with Gasteiger partial charge in [-0.05, 0) is 30.5 Å². The van der Waals surface area contributed by atoms with Crippen LogP contribution in [-0.4, -0.2) is 36.0 Å². The molecule has 1 saturated heterocycles. The van der Waals surface area contributed by atoms with Gasteiger partial charge in [0.25, 0.3) is 0 Å². The molecule has 1 aromatic rings. The lowest BCUT2D eigenvalue weighted by molar-refractivity contribution is -0.146. The third kappa shape index (κ3) is 3.13. The van der Waals surface area contributed by atoms with Gasteiger partial charge in [-0.1, -0.05) is 18.9 Å². The molecule has 2 aliphatic heterocycles. The number of likely N-dealkylation sites (tertiary alicyclic amines) is 1. The number of carbonyl (C=O) groups excluding carboxylic acids is 3. The van der Waals surface area contributed by atoms with E-state index in [2.05, 4.69) is 0 Å². The molecule has 2 amide bonds. The maximum absolute atomic E-state index is 12.4. The predicted molar refractivity (Wildman–Crippen MR) is 89.1 cm³/mol. The summed E-state index contributed by atoms with van der Waals surface area (Å²) in [6.45, 7) is 0.408. The number of carbonyl (C=O) groups is 3. The van der Waals surface area contributed by atoms with Crippen LogP contribution in [0, 0.1) is 11.8 Å². The standard InChI is InChI=1S/C19H21NO6/c21-17(24-10-12-5-6-15-16(9-12)26-11-25-15)7-8-20-18(22)13-3-1-2-4-14(13)19(20)23/h5-6,9,13-14H,1-4,7-8,10-11H2/t13-,14-/m0/s1. The van der Waals surface area contributed by atoms with Crippen molar-refractivity contribution in [2.24, 2.45) is 11.8 Å². The van der Waals surface area contributed by atoms with Gasteiger partial charge >= 0.3 is 5.97 Å². The van der Waals surface area contributed by atoms with Crippen molar-refractivity contribution in [2.75, 3.05) is 13.3 Å². The number of rotatable bonds is 5. The van der Waals surface area contributed by atoms with Crippen LogP contribution in [0.3, 0.4) is 0 Å². The molecule has 4 rings (SSSR count). The van der Waals surface area contributed by atoms with Crippen molar-refractivity contribution < 1.29 is 28.6 Å². The zero-order valence-electron chi connectivity index (χ0n) is 14.4. The van der Waals surface area contributed by atoms with Crippen LogP contribution >= 0.6 is 0 Å². The lowest BCUT2D eigenvalue weighted by atomic mass is 9.81. The number of hydrogen-bond acceptors (Lipinski definition) is 6. The van der Waals surface area contributed by atoms with E-state index in [-0.39, 0.29) is 50.0 Å². The number of imide groups is 1. The van der Waals surface area contributed by atoms with E-state index in [1.807, 2.05) is 0 Å². The Balaban J connectivity index is 1.27. The first kappa shape index (κ1) is 16.9. The first-order valence-corrected chi connectivity index (χ1v) is 9.03. The fraction of sp³-hybridized carbons (Fsp3) is 0.526. The van der Waals surface area contributed by atoms with E-state index < -0.39 is 5.97 Å². The van der Waals surface area contributed by atoms with E-state index in [1.54, 1.807) is 18.2 Å². The van der Waals surface area contributed by atoms with Crippen LogP contribution in [0.2, 0.25) is 0 Å². The molecule has 1 aliphatic carbocycles. The molecule has 7 nitrogen and oxygen atoms in total. The second-order valence-electron chi connectivity index (χ2n) is 6.92. The molecule has 26 heavy (non-hydrogen) atoms. The van der Waals surface area contributed by atoms with Crippen LogP contribution in [0.1, 0.15) is 37.7 Å². The SMILES string of the molecule is O=C(CCN1C(=O)[C@H]2CCCC[C@@H]2C1=O)OCc1ccc2c(c1)OCO2. The fourth-order valence-corrected chi connectivity index (χ4v) is 3.92. The van der Waals surface area contributed by atoms with Gasteiger partial charge in [0.05, 0.1) is 18.3 Å². The molecule has 7 heteroatoms. The minimum atomic E-state index is -0.432. The number of ether oxygens (including phenoxy) is 3. The molecule has 0 bridgehead atoms. The van der Waals surface area contributed by atoms with Crippen LogP contribution < -0.4 is 9.47 Å². The first-order chi connectivity index (χ1) is 12.6. The summed E-state index contributed by atoms with van der Waals surface area (Å²) in [5, 5.41) is 0. The maximum Gasteiger partial charge on any atom is 0.307 e. The molecular weight excluding hydrogens is 338 g/mol. The van der Waals surface area contributed by atoms with Crippen molar-refractivity contribution in [3.63, 3.8) is 0 Å². The van der Waals surface area contributed by atoms with Crippen molar-refractivity contribution in [1.29, 1.82) is 0 Å². The van der Waals surface area contributed by atoms with E-state index in [0.29, 0.717) is 11.5 Å². The van der Waals surface area contributed by atoms with Crippen LogP contribution in [-0.2, 0) is 25.7 Å². The van der Waals surface area contributed by atoms with Gasteiger partial charge < -0.3 is 14.2 Å². The minimum Gasteiger partial charge on any atom is -0.461 e. The molecule has 138 valence electrons. The molecule has 2 atom stereocenters. The Kier molecular flexibility index (Phi) is 4.53. The summed E-state index contributed by atoms with van der Waals surface area (Å²) in [7, 11) is 0. The van der Waals surface area contributed by atoms with Gasteiger partial charge in [0.15, 0.2) is 11.5 Å². The summed E-state index contributed by atoms with van der Waals surface area (Å²) in [6.07, 6.45) is 3.55. The number of benzene rings is 1. The normalized spacial score (nSPS) is 23.9. The highest BCUT2D eigenvalue weighted by molar-refractivity contribution is 6.05. The van der Waals surface area contributed by atoms with Crippen molar-refractivity contribution in [3.8, 4) is 11.5 Å². The average Bonchev–Trinajstić information content (AvgIpc) is 3.22. The molecule has 0 radical (unpaired) electrons. The largest absolute Gasteiger partial charge is 0.461 e. The number of esters is 1. The summed E-state index contributed by atoms with van der Waals surface area (Å²) in [6, 6.07) is 5.35. The smallest absolute Gasteiger partial charge is 0.307 e. The van der Waals surface area contributed by atoms with Gasteiger partial charge in [-0.25, -0.2) is 0 Å². The molecular formula is C19H21NO6.